The van der Waals surface area contributed by atoms with Crippen molar-refractivity contribution in [2.75, 3.05) is 6.61 Å². The molecule has 0 radical (unpaired) electrons. The third-order valence-electron chi connectivity index (χ3n) is 2.12. The molecule has 20 heavy (non-hydrogen) atoms. The number of carbonyl (C=O) groups is 1. The third kappa shape index (κ3) is 5.10. The van der Waals surface area contributed by atoms with Crippen LogP contribution in [0.1, 0.15) is 18.2 Å². The number of alkyl halides is 4. The van der Waals surface area contributed by atoms with Crippen LogP contribution in [-0.4, -0.2) is 23.9 Å². The summed E-state index contributed by atoms with van der Waals surface area (Å²) in [5, 5.41) is 0. The van der Waals surface area contributed by atoms with E-state index in [-0.39, 0.29) is 21.6 Å². The van der Waals surface area contributed by atoms with E-state index < -0.39 is 31.2 Å². The van der Waals surface area contributed by atoms with E-state index in [1.807, 2.05) is 0 Å². The highest BCUT2D eigenvalue weighted by atomic mass is 127. The van der Waals surface area contributed by atoms with E-state index in [2.05, 4.69) is 14.5 Å². The first-order valence-corrected chi connectivity index (χ1v) is 6.50. The van der Waals surface area contributed by atoms with Gasteiger partial charge in [-0.3, -0.25) is 4.79 Å². The second kappa shape index (κ2) is 7.04. The predicted octanol–water partition coefficient (Wildman–Crippen LogP) is 3.16. The van der Waals surface area contributed by atoms with E-state index in [9.17, 15) is 22.4 Å². The molecule has 0 fully saturated rings. The Bertz CT molecular complexity index is 493. The fourth-order valence-electron chi connectivity index (χ4n) is 1.44. The van der Waals surface area contributed by atoms with Gasteiger partial charge in [0.2, 0.25) is 0 Å². The molecule has 0 saturated carbocycles. The van der Waals surface area contributed by atoms with E-state index in [1.54, 1.807) is 29.5 Å². The number of pyridine rings is 1. The van der Waals surface area contributed by atoms with Gasteiger partial charge in [0.1, 0.15) is 16.1 Å². The molecular formula is C11H10F4INO3. The average molecular weight is 407 g/mol. The minimum absolute atomic E-state index is 0.0665. The Balaban J connectivity index is 3.18. The van der Waals surface area contributed by atoms with Crippen LogP contribution in [0.25, 0.3) is 0 Å². The zero-order valence-electron chi connectivity index (χ0n) is 10.3. The number of aromatic nitrogens is 1. The van der Waals surface area contributed by atoms with Gasteiger partial charge < -0.3 is 9.47 Å². The van der Waals surface area contributed by atoms with Crippen LogP contribution in [0.5, 0.6) is 5.75 Å². The summed E-state index contributed by atoms with van der Waals surface area (Å²) in [6.07, 6.45) is -5.48. The quantitative estimate of drug-likeness (QED) is 0.326. The van der Waals surface area contributed by atoms with E-state index in [0.29, 0.717) is 0 Å². The first kappa shape index (κ1) is 16.9. The van der Waals surface area contributed by atoms with Crippen molar-refractivity contribution in [3.05, 3.63) is 21.0 Å². The van der Waals surface area contributed by atoms with Crippen molar-refractivity contribution in [2.45, 2.75) is 26.4 Å². The number of hydrogen-bond donors (Lipinski definition) is 0. The zero-order chi connectivity index (χ0) is 15.3. The Hall–Kier alpha value is -1.13. The summed E-state index contributed by atoms with van der Waals surface area (Å²) in [6.45, 7) is 0.504. The Morgan fingerprint density at radius 2 is 2.10 bits per heavy atom. The molecule has 0 saturated heterocycles. The molecule has 9 heteroatoms. The number of carbonyl (C=O) groups excluding carboxylic acids is 1. The third-order valence-corrected chi connectivity index (χ3v) is 2.67. The Morgan fingerprint density at radius 3 is 2.60 bits per heavy atom. The van der Waals surface area contributed by atoms with Crippen molar-refractivity contribution >= 4 is 28.6 Å². The number of ether oxygens (including phenoxy) is 2. The predicted molar refractivity (Wildman–Crippen MR) is 68.8 cm³/mol. The zero-order valence-corrected chi connectivity index (χ0v) is 12.4. The molecule has 0 amide bonds. The number of nitrogens with zero attached hydrogens (tertiary/aromatic N) is 1. The molecule has 0 bridgehead atoms. The van der Waals surface area contributed by atoms with Crippen molar-refractivity contribution in [3.8, 4) is 5.75 Å². The topological polar surface area (TPSA) is 48.4 Å². The number of rotatable bonds is 5. The van der Waals surface area contributed by atoms with Crippen LogP contribution in [-0.2, 0) is 22.6 Å². The van der Waals surface area contributed by atoms with Gasteiger partial charge in [-0.1, -0.05) is 0 Å². The maximum atomic E-state index is 12.9. The van der Waals surface area contributed by atoms with Crippen LogP contribution < -0.4 is 4.74 Å². The lowest BCUT2D eigenvalue weighted by molar-refractivity contribution is -0.275. The fraction of sp³-hybridized carbons (Fsp3) is 0.455. The Labute approximate surface area is 125 Å². The standard InChI is InChI=1S/C11H10F4INO3/c1-2-19-10(18)3-6-7(5-12)17-9(16)4-8(6)20-11(13,14)15/h4H,2-3,5H2,1H3. The van der Waals surface area contributed by atoms with Crippen molar-refractivity contribution in [2.24, 2.45) is 0 Å². The molecule has 112 valence electrons. The van der Waals surface area contributed by atoms with Crippen LogP contribution in [0.3, 0.4) is 0 Å². The molecule has 4 nitrogen and oxygen atoms in total. The summed E-state index contributed by atoms with van der Waals surface area (Å²) >= 11 is 1.63. The first-order valence-electron chi connectivity index (χ1n) is 5.42. The monoisotopic (exact) mass is 407 g/mol. The smallest absolute Gasteiger partial charge is 0.466 e. The van der Waals surface area contributed by atoms with Crippen molar-refractivity contribution in [1.29, 1.82) is 0 Å². The maximum absolute atomic E-state index is 12.9. The number of halogens is 5. The summed E-state index contributed by atoms with van der Waals surface area (Å²) in [6, 6.07) is 0.988. The summed E-state index contributed by atoms with van der Waals surface area (Å²) in [5.41, 5.74) is -0.534. The van der Waals surface area contributed by atoms with Gasteiger partial charge in [0.15, 0.2) is 0 Å². The number of esters is 1. The molecule has 0 spiro atoms. The average Bonchev–Trinajstić information content (AvgIpc) is 2.30. The molecule has 0 unspecified atom stereocenters. The Kier molecular flexibility index (Phi) is 5.96. The first-order chi connectivity index (χ1) is 9.26. The summed E-state index contributed by atoms with van der Waals surface area (Å²) in [7, 11) is 0. The molecule has 1 aromatic heterocycles. The number of hydrogen-bond acceptors (Lipinski definition) is 4. The second-order valence-electron chi connectivity index (χ2n) is 3.53. The van der Waals surface area contributed by atoms with Crippen LogP contribution in [0.4, 0.5) is 17.6 Å². The molecule has 0 aliphatic carbocycles. The highest BCUT2D eigenvalue weighted by Crippen LogP contribution is 2.30. The maximum Gasteiger partial charge on any atom is 0.573 e. The molecule has 1 aromatic rings. The van der Waals surface area contributed by atoms with Gasteiger partial charge >= 0.3 is 12.3 Å². The normalized spacial score (nSPS) is 11.3. The van der Waals surface area contributed by atoms with Crippen molar-refractivity contribution < 1.29 is 31.8 Å². The summed E-state index contributed by atoms with van der Waals surface area (Å²) < 4.78 is 58.4. The highest BCUT2D eigenvalue weighted by molar-refractivity contribution is 14.1. The Morgan fingerprint density at radius 1 is 1.45 bits per heavy atom. The SMILES string of the molecule is CCOC(=O)Cc1c(OC(F)(F)F)cc(I)nc1CF. The van der Waals surface area contributed by atoms with Crippen LogP contribution >= 0.6 is 22.6 Å². The second-order valence-corrected chi connectivity index (χ2v) is 4.64. The molecule has 0 aromatic carbocycles. The summed E-state index contributed by atoms with van der Waals surface area (Å²) in [4.78, 5) is 15.1. The largest absolute Gasteiger partial charge is 0.573 e. The van der Waals surface area contributed by atoms with Gasteiger partial charge in [0, 0.05) is 11.6 Å². The van der Waals surface area contributed by atoms with Crippen molar-refractivity contribution in [3.63, 3.8) is 0 Å². The van der Waals surface area contributed by atoms with Gasteiger partial charge in [0.25, 0.3) is 0 Å². The van der Waals surface area contributed by atoms with E-state index in [1.165, 1.54) is 0 Å². The fourth-order valence-corrected chi connectivity index (χ4v) is 2.01. The van der Waals surface area contributed by atoms with Gasteiger partial charge in [-0.05, 0) is 29.5 Å². The summed E-state index contributed by atoms with van der Waals surface area (Å²) in [5.74, 6) is -1.42. The molecule has 0 aliphatic heterocycles. The van der Waals surface area contributed by atoms with E-state index in [4.69, 9.17) is 0 Å². The highest BCUT2D eigenvalue weighted by Gasteiger charge is 2.33. The van der Waals surface area contributed by atoms with Gasteiger partial charge in [0.05, 0.1) is 18.7 Å². The van der Waals surface area contributed by atoms with Crippen LogP contribution in [0.15, 0.2) is 6.07 Å². The lowest BCUT2D eigenvalue weighted by Crippen LogP contribution is -2.20. The lowest BCUT2D eigenvalue weighted by atomic mass is 10.1. The minimum Gasteiger partial charge on any atom is -0.466 e. The lowest BCUT2D eigenvalue weighted by Gasteiger charge is -2.15. The van der Waals surface area contributed by atoms with E-state index >= 15 is 0 Å². The molecule has 0 N–H and O–H groups in total. The molecular weight excluding hydrogens is 397 g/mol. The molecule has 1 heterocycles. The molecule has 0 atom stereocenters. The molecule has 0 aliphatic rings. The molecule has 1 rings (SSSR count). The van der Waals surface area contributed by atoms with Gasteiger partial charge in [-0.2, -0.15) is 0 Å². The van der Waals surface area contributed by atoms with Crippen LogP contribution in [0.2, 0.25) is 0 Å². The minimum atomic E-state index is -4.94. The van der Waals surface area contributed by atoms with Crippen LogP contribution in [0, 0.1) is 3.70 Å². The van der Waals surface area contributed by atoms with Gasteiger partial charge in [-0.25, -0.2) is 9.37 Å². The van der Waals surface area contributed by atoms with Crippen molar-refractivity contribution in [1.82, 2.24) is 4.98 Å². The van der Waals surface area contributed by atoms with E-state index in [0.717, 1.165) is 6.07 Å². The van der Waals surface area contributed by atoms with Gasteiger partial charge in [-0.15, -0.1) is 13.2 Å².